The SMILES string of the molecule is CC(C)(C)c1ccc([C@]2(Br)C(=O)NC(=O)C2=O)cc1. The van der Waals surface area contributed by atoms with E-state index in [1.165, 1.54) is 0 Å². The van der Waals surface area contributed by atoms with Crippen LogP contribution < -0.4 is 5.32 Å². The van der Waals surface area contributed by atoms with Gasteiger partial charge in [0.05, 0.1) is 0 Å². The van der Waals surface area contributed by atoms with Gasteiger partial charge in [-0.15, -0.1) is 0 Å². The highest BCUT2D eigenvalue weighted by Crippen LogP contribution is 2.37. The van der Waals surface area contributed by atoms with Crippen LogP contribution in [0.5, 0.6) is 0 Å². The Hall–Kier alpha value is -1.49. The average Bonchev–Trinajstić information content (AvgIpc) is 2.53. The monoisotopic (exact) mass is 323 g/mol. The number of hydrogen-bond donors (Lipinski definition) is 1. The van der Waals surface area contributed by atoms with Crippen molar-refractivity contribution in [3.05, 3.63) is 35.4 Å². The van der Waals surface area contributed by atoms with E-state index in [9.17, 15) is 14.4 Å². The van der Waals surface area contributed by atoms with E-state index in [-0.39, 0.29) is 5.41 Å². The van der Waals surface area contributed by atoms with Gasteiger partial charge in [-0.2, -0.15) is 0 Å². The first-order valence-corrected chi connectivity index (χ1v) is 6.67. The fourth-order valence-electron chi connectivity index (χ4n) is 1.97. The summed E-state index contributed by atoms with van der Waals surface area (Å²) in [4.78, 5) is 34.9. The van der Waals surface area contributed by atoms with Gasteiger partial charge in [0.15, 0.2) is 4.32 Å². The fourth-order valence-corrected chi connectivity index (χ4v) is 2.51. The maximum absolute atomic E-state index is 11.8. The first kappa shape index (κ1) is 13.9. The molecule has 0 spiro atoms. The molecule has 1 fully saturated rings. The summed E-state index contributed by atoms with van der Waals surface area (Å²) in [5, 5.41) is 2.03. The molecule has 0 aromatic heterocycles. The predicted molar refractivity (Wildman–Crippen MR) is 73.9 cm³/mol. The lowest BCUT2D eigenvalue weighted by Gasteiger charge is -2.21. The Labute approximate surface area is 119 Å². The number of benzene rings is 1. The van der Waals surface area contributed by atoms with Crippen LogP contribution in [0.15, 0.2) is 24.3 Å². The number of nitrogens with one attached hydrogen (secondary N) is 1. The third-order valence-electron chi connectivity index (χ3n) is 3.21. The lowest BCUT2D eigenvalue weighted by atomic mass is 9.85. The van der Waals surface area contributed by atoms with Gasteiger partial charge in [-0.3, -0.25) is 19.7 Å². The Kier molecular flexibility index (Phi) is 3.13. The van der Waals surface area contributed by atoms with E-state index in [1.54, 1.807) is 12.1 Å². The molecule has 1 aliphatic rings. The number of Topliss-reactive ketones (excluding diaryl/α,β-unsaturated/α-hetero) is 1. The van der Waals surface area contributed by atoms with Gasteiger partial charge in [0.25, 0.3) is 17.6 Å². The molecule has 1 heterocycles. The topological polar surface area (TPSA) is 63.2 Å². The number of carbonyl (C=O) groups is 3. The lowest BCUT2D eigenvalue weighted by Crippen LogP contribution is -2.33. The van der Waals surface area contributed by atoms with E-state index < -0.39 is 21.9 Å². The van der Waals surface area contributed by atoms with E-state index in [1.807, 2.05) is 17.4 Å². The molecule has 19 heavy (non-hydrogen) atoms. The zero-order valence-corrected chi connectivity index (χ0v) is 12.5. The van der Waals surface area contributed by atoms with Crippen LogP contribution in [0, 0.1) is 0 Å². The number of rotatable bonds is 1. The van der Waals surface area contributed by atoms with E-state index in [0.29, 0.717) is 5.56 Å². The van der Waals surface area contributed by atoms with Gasteiger partial charge >= 0.3 is 0 Å². The molecule has 0 unspecified atom stereocenters. The first-order valence-electron chi connectivity index (χ1n) is 5.87. The molecule has 1 atom stereocenters. The van der Waals surface area contributed by atoms with Crippen LogP contribution in [0.4, 0.5) is 0 Å². The molecule has 1 saturated heterocycles. The molecule has 5 heteroatoms. The summed E-state index contributed by atoms with van der Waals surface area (Å²) >= 11 is 3.12. The Morgan fingerprint density at radius 1 is 1.05 bits per heavy atom. The number of amides is 2. The highest BCUT2D eigenvalue weighted by molar-refractivity contribution is 9.10. The van der Waals surface area contributed by atoms with Crippen molar-refractivity contribution in [3.63, 3.8) is 0 Å². The molecule has 0 aliphatic carbocycles. The number of halogens is 1. The van der Waals surface area contributed by atoms with Gasteiger partial charge in [0.2, 0.25) is 0 Å². The number of imide groups is 1. The standard InChI is InChI=1S/C14H14BrNO3/c1-13(2,3)8-4-6-9(7-5-8)14(15)10(17)11(18)16-12(14)19/h4-7H,1-3H3,(H,16,18,19)/t14-/m1/s1. The Balaban J connectivity index is 2.46. The summed E-state index contributed by atoms with van der Waals surface area (Å²) in [7, 11) is 0. The molecule has 2 amide bonds. The fraction of sp³-hybridized carbons (Fsp3) is 0.357. The zero-order chi connectivity index (χ0) is 14.4. The Bertz CT molecular complexity index is 571. The van der Waals surface area contributed by atoms with E-state index >= 15 is 0 Å². The molecule has 1 N–H and O–H groups in total. The highest BCUT2D eigenvalue weighted by atomic mass is 79.9. The maximum atomic E-state index is 11.8. The second-order valence-electron chi connectivity index (χ2n) is 5.60. The second kappa shape index (κ2) is 4.27. The number of ketones is 1. The van der Waals surface area contributed by atoms with Gasteiger partial charge in [-0.1, -0.05) is 61.0 Å². The highest BCUT2D eigenvalue weighted by Gasteiger charge is 2.54. The summed E-state index contributed by atoms with van der Waals surface area (Å²) < 4.78 is -1.58. The predicted octanol–water partition coefficient (Wildman–Crippen LogP) is 1.80. The van der Waals surface area contributed by atoms with Crippen LogP contribution in [0.25, 0.3) is 0 Å². The van der Waals surface area contributed by atoms with Crippen molar-refractivity contribution in [1.82, 2.24) is 5.32 Å². The van der Waals surface area contributed by atoms with Gasteiger partial charge in [0, 0.05) is 0 Å². The summed E-state index contributed by atoms with van der Waals surface area (Å²) in [6.45, 7) is 6.22. The third-order valence-corrected chi connectivity index (χ3v) is 4.39. The minimum Gasteiger partial charge on any atom is -0.288 e. The summed E-state index contributed by atoms with van der Waals surface area (Å²) in [5.41, 5.74) is 1.54. The van der Waals surface area contributed by atoms with Crippen molar-refractivity contribution < 1.29 is 14.4 Å². The molecule has 0 saturated carbocycles. The van der Waals surface area contributed by atoms with Crippen molar-refractivity contribution in [1.29, 1.82) is 0 Å². The molecule has 0 bridgehead atoms. The van der Waals surface area contributed by atoms with Crippen LogP contribution in [-0.4, -0.2) is 17.6 Å². The molecular weight excluding hydrogens is 310 g/mol. The Morgan fingerprint density at radius 3 is 1.95 bits per heavy atom. The molecule has 1 aliphatic heterocycles. The number of hydrogen-bond acceptors (Lipinski definition) is 3. The molecular formula is C14H14BrNO3. The van der Waals surface area contributed by atoms with Crippen molar-refractivity contribution in [2.45, 2.75) is 30.5 Å². The smallest absolute Gasteiger partial charge is 0.288 e. The normalized spacial score (nSPS) is 23.7. The van der Waals surface area contributed by atoms with Gasteiger partial charge in [-0.25, -0.2) is 0 Å². The van der Waals surface area contributed by atoms with Gasteiger partial charge in [0.1, 0.15) is 0 Å². The van der Waals surface area contributed by atoms with Crippen LogP contribution in [-0.2, 0) is 24.1 Å². The lowest BCUT2D eigenvalue weighted by molar-refractivity contribution is -0.135. The maximum Gasteiger partial charge on any atom is 0.296 e. The van der Waals surface area contributed by atoms with Crippen LogP contribution in [0.3, 0.4) is 0 Å². The van der Waals surface area contributed by atoms with Gasteiger partial charge in [-0.05, 0) is 16.5 Å². The largest absolute Gasteiger partial charge is 0.296 e. The van der Waals surface area contributed by atoms with Crippen molar-refractivity contribution in [2.75, 3.05) is 0 Å². The van der Waals surface area contributed by atoms with Crippen molar-refractivity contribution in [2.24, 2.45) is 0 Å². The average molecular weight is 324 g/mol. The van der Waals surface area contributed by atoms with E-state index in [0.717, 1.165) is 5.56 Å². The quantitative estimate of drug-likeness (QED) is 0.371. The molecule has 1 aromatic carbocycles. The second-order valence-corrected chi connectivity index (χ2v) is 6.79. The Morgan fingerprint density at radius 2 is 1.58 bits per heavy atom. The van der Waals surface area contributed by atoms with E-state index in [4.69, 9.17) is 0 Å². The number of alkyl halides is 1. The molecule has 0 radical (unpaired) electrons. The van der Waals surface area contributed by atoms with E-state index in [2.05, 4.69) is 36.7 Å². The summed E-state index contributed by atoms with van der Waals surface area (Å²) in [5.74, 6) is -2.28. The minimum atomic E-state index is -1.58. The van der Waals surface area contributed by atoms with Crippen LogP contribution >= 0.6 is 15.9 Å². The van der Waals surface area contributed by atoms with Crippen molar-refractivity contribution in [3.8, 4) is 0 Å². The molecule has 4 nitrogen and oxygen atoms in total. The minimum absolute atomic E-state index is 0.0181. The zero-order valence-electron chi connectivity index (χ0n) is 10.9. The first-order chi connectivity index (χ1) is 8.67. The summed E-state index contributed by atoms with van der Waals surface area (Å²) in [6, 6.07) is 7.13. The number of carbonyl (C=O) groups excluding carboxylic acids is 3. The molecule has 2 rings (SSSR count). The summed E-state index contributed by atoms with van der Waals surface area (Å²) in [6.07, 6.45) is 0. The van der Waals surface area contributed by atoms with Crippen LogP contribution in [0.2, 0.25) is 0 Å². The van der Waals surface area contributed by atoms with Gasteiger partial charge < -0.3 is 0 Å². The van der Waals surface area contributed by atoms with Crippen molar-refractivity contribution >= 4 is 33.5 Å². The molecule has 1 aromatic rings. The third kappa shape index (κ3) is 2.12. The molecule has 100 valence electrons. The van der Waals surface area contributed by atoms with Crippen LogP contribution in [0.1, 0.15) is 31.9 Å².